The summed E-state index contributed by atoms with van der Waals surface area (Å²) in [4.78, 5) is 28.3. The number of aryl methyl sites for hydroxylation is 2. The average molecular weight is 264 g/mol. The van der Waals surface area contributed by atoms with Crippen LogP contribution in [0.4, 0.5) is 0 Å². The molecule has 0 bridgehead atoms. The molecule has 4 heteroatoms. The molecule has 3 heterocycles. The van der Waals surface area contributed by atoms with Gasteiger partial charge in [0.05, 0.1) is 16.8 Å². The number of fused-ring (bicyclic) bond motifs is 4. The van der Waals surface area contributed by atoms with Gasteiger partial charge in [-0.2, -0.15) is 0 Å². The number of hydrogen-bond donors (Lipinski definition) is 1. The van der Waals surface area contributed by atoms with Crippen molar-refractivity contribution in [1.82, 2.24) is 9.55 Å². The van der Waals surface area contributed by atoms with Gasteiger partial charge in [-0.05, 0) is 37.1 Å². The molecule has 1 aliphatic rings. The van der Waals surface area contributed by atoms with Gasteiger partial charge in [0.15, 0.2) is 5.43 Å². The lowest BCUT2D eigenvalue weighted by molar-refractivity contribution is 0.0965. The minimum atomic E-state index is -0.167. The van der Waals surface area contributed by atoms with E-state index in [2.05, 4.69) is 4.98 Å². The van der Waals surface area contributed by atoms with Crippen molar-refractivity contribution in [2.75, 3.05) is 0 Å². The second-order valence-corrected chi connectivity index (χ2v) is 5.22. The molecule has 0 aliphatic carbocycles. The van der Waals surface area contributed by atoms with E-state index < -0.39 is 0 Å². The Kier molecular flexibility index (Phi) is 1.95. The van der Waals surface area contributed by atoms with Gasteiger partial charge in [-0.25, -0.2) is 0 Å². The van der Waals surface area contributed by atoms with Crippen molar-refractivity contribution in [3.8, 4) is 11.3 Å². The first-order valence-electron chi connectivity index (χ1n) is 6.48. The molecule has 4 nitrogen and oxygen atoms in total. The molecule has 20 heavy (non-hydrogen) atoms. The predicted molar refractivity (Wildman–Crippen MR) is 77.2 cm³/mol. The van der Waals surface area contributed by atoms with Crippen molar-refractivity contribution in [2.45, 2.75) is 13.8 Å². The molecule has 0 amide bonds. The lowest BCUT2D eigenvalue weighted by Crippen LogP contribution is -2.12. The number of aromatic amines is 1. The molecule has 0 spiro atoms. The summed E-state index contributed by atoms with van der Waals surface area (Å²) in [6.45, 7) is 3.85. The van der Waals surface area contributed by atoms with Gasteiger partial charge in [0, 0.05) is 11.6 Å². The molecular weight excluding hydrogens is 252 g/mol. The summed E-state index contributed by atoms with van der Waals surface area (Å²) >= 11 is 0. The highest BCUT2D eigenvalue weighted by Gasteiger charge is 2.30. The summed E-state index contributed by atoms with van der Waals surface area (Å²) in [6, 6.07) is 7.48. The van der Waals surface area contributed by atoms with E-state index in [1.807, 2.05) is 26.0 Å². The predicted octanol–water partition coefficient (Wildman–Crippen LogP) is 2.62. The fourth-order valence-electron chi connectivity index (χ4n) is 2.98. The molecule has 4 rings (SSSR count). The van der Waals surface area contributed by atoms with Crippen molar-refractivity contribution in [3.63, 3.8) is 0 Å². The number of nitrogens with one attached hydrogen (secondary N) is 1. The molecule has 1 aliphatic heterocycles. The highest BCUT2D eigenvalue weighted by atomic mass is 16.2. The van der Waals surface area contributed by atoms with Crippen LogP contribution in [-0.4, -0.2) is 15.5 Å². The van der Waals surface area contributed by atoms with E-state index in [0.717, 1.165) is 16.6 Å². The molecule has 0 saturated carbocycles. The van der Waals surface area contributed by atoms with Crippen LogP contribution in [0.2, 0.25) is 0 Å². The first-order valence-corrected chi connectivity index (χ1v) is 6.48. The third-order valence-electron chi connectivity index (χ3n) is 4.01. The van der Waals surface area contributed by atoms with E-state index in [1.165, 1.54) is 4.57 Å². The molecule has 0 fully saturated rings. The number of rotatable bonds is 0. The first kappa shape index (κ1) is 11.2. The molecule has 1 N–H and O–H groups in total. The topological polar surface area (TPSA) is 54.9 Å². The maximum absolute atomic E-state index is 12.8. The SMILES string of the molecule is Cc1ccc(C)c2c(=O)c3c([nH]c12)C(=O)n1cccc1-3. The number of nitrogens with zero attached hydrogens (tertiary/aromatic N) is 1. The third kappa shape index (κ3) is 1.16. The Bertz CT molecular complexity index is 961. The Morgan fingerprint density at radius 3 is 2.60 bits per heavy atom. The number of carbonyl (C=O) groups excluding carboxylic acids is 1. The van der Waals surface area contributed by atoms with E-state index in [4.69, 9.17) is 0 Å². The van der Waals surface area contributed by atoms with Crippen LogP contribution in [0.25, 0.3) is 22.2 Å². The minimum absolute atomic E-state index is 0.0687. The van der Waals surface area contributed by atoms with Gasteiger partial charge in [-0.15, -0.1) is 0 Å². The molecule has 98 valence electrons. The van der Waals surface area contributed by atoms with Crippen LogP contribution in [0, 0.1) is 13.8 Å². The monoisotopic (exact) mass is 264 g/mol. The molecule has 0 unspecified atom stereocenters. The third-order valence-corrected chi connectivity index (χ3v) is 4.01. The van der Waals surface area contributed by atoms with Crippen LogP contribution in [0.15, 0.2) is 35.3 Å². The van der Waals surface area contributed by atoms with E-state index in [0.29, 0.717) is 22.3 Å². The fourth-order valence-corrected chi connectivity index (χ4v) is 2.98. The summed E-state index contributed by atoms with van der Waals surface area (Å²) in [7, 11) is 0. The van der Waals surface area contributed by atoms with Gasteiger partial charge in [0.25, 0.3) is 5.91 Å². The standard InChI is InChI=1S/C16H12N2O2/c1-8-5-6-9(2)13-11(8)15(19)12-10-4-3-7-18(10)16(20)14(12)17-13/h3-7H,1-2H3,(H,17,19). The molecule has 0 atom stereocenters. The molecule has 0 radical (unpaired) electrons. The van der Waals surface area contributed by atoms with Gasteiger partial charge in [-0.1, -0.05) is 12.1 Å². The number of hydrogen-bond acceptors (Lipinski definition) is 2. The Hall–Kier alpha value is -2.62. The van der Waals surface area contributed by atoms with Crippen LogP contribution in [-0.2, 0) is 0 Å². The van der Waals surface area contributed by atoms with Gasteiger partial charge in [0.2, 0.25) is 0 Å². The number of carbonyl (C=O) groups is 1. The van der Waals surface area contributed by atoms with Crippen molar-refractivity contribution >= 4 is 16.8 Å². The largest absolute Gasteiger partial charge is 0.350 e. The van der Waals surface area contributed by atoms with Crippen LogP contribution < -0.4 is 5.43 Å². The van der Waals surface area contributed by atoms with E-state index in [1.54, 1.807) is 18.3 Å². The highest BCUT2D eigenvalue weighted by Crippen LogP contribution is 2.31. The summed E-state index contributed by atoms with van der Waals surface area (Å²) in [6.07, 6.45) is 1.69. The zero-order valence-electron chi connectivity index (χ0n) is 11.2. The maximum atomic E-state index is 12.8. The van der Waals surface area contributed by atoms with E-state index in [-0.39, 0.29) is 11.3 Å². The van der Waals surface area contributed by atoms with Crippen LogP contribution in [0.1, 0.15) is 21.6 Å². The first-order chi connectivity index (χ1) is 9.59. The summed E-state index contributed by atoms with van der Waals surface area (Å²) < 4.78 is 1.52. The molecule has 0 saturated heterocycles. The lowest BCUT2D eigenvalue weighted by atomic mass is 10.0. The minimum Gasteiger partial charge on any atom is -0.350 e. The number of aromatic nitrogens is 2. The smallest absolute Gasteiger partial charge is 0.279 e. The Balaban J connectivity index is 2.28. The van der Waals surface area contributed by atoms with Gasteiger partial charge in [-0.3, -0.25) is 14.2 Å². The average Bonchev–Trinajstić information content (AvgIpc) is 2.98. The summed E-state index contributed by atoms with van der Waals surface area (Å²) in [5.74, 6) is -0.167. The summed E-state index contributed by atoms with van der Waals surface area (Å²) in [5.41, 5.74) is 4.14. The quantitative estimate of drug-likeness (QED) is 0.531. The maximum Gasteiger partial charge on any atom is 0.279 e. The van der Waals surface area contributed by atoms with Crippen LogP contribution in [0.3, 0.4) is 0 Å². The highest BCUT2D eigenvalue weighted by molar-refractivity contribution is 6.09. The second-order valence-electron chi connectivity index (χ2n) is 5.22. The van der Waals surface area contributed by atoms with Crippen molar-refractivity contribution < 1.29 is 4.79 Å². The Morgan fingerprint density at radius 1 is 1.05 bits per heavy atom. The van der Waals surface area contributed by atoms with Crippen LogP contribution >= 0.6 is 0 Å². The Labute approximate surface area is 114 Å². The lowest BCUT2D eigenvalue weighted by Gasteiger charge is -2.07. The molecule has 3 aromatic rings. The van der Waals surface area contributed by atoms with Crippen molar-refractivity contribution in [2.24, 2.45) is 0 Å². The zero-order chi connectivity index (χ0) is 14.0. The number of H-pyrrole nitrogens is 1. The van der Waals surface area contributed by atoms with E-state index >= 15 is 0 Å². The number of pyridine rings is 1. The fraction of sp³-hybridized carbons (Fsp3) is 0.125. The zero-order valence-corrected chi connectivity index (χ0v) is 11.2. The summed E-state index contributed by atoms with van der Waals surface area (Å²) in [5, 5.41) is 0.672. The van der Waals surface area contributed by atoms with Gasteiger partial charge in [0.1, 0.15) is 5.69 Å². The number of benzene rings is 1. The molecule has 2 aromatic heterocycles. The second kappa shape index (κ2) is 3.48. The van der Waals surface area contributed by atoms with Crippen molar-refractivity contribution in [3.05, 3.63) is 57.5 Å². The molecular formula is C16H12N2O2. The van der Waals surface area contributed by atoms with Gasteiger partial charge >= 0.3 is 0 Å². The van der Waals surface area contributed by atoms with Crippen molar-refractivity contribution in [1.29, 1.82) is 0 Å². The molecule has 1 aromatic carbocycles. The Morgan fingerprint density at radius 2 is 1.80 bits per heavy atom. The normalized spacial score (nSPS) is 12.8. The van der Waals surface area contributed by atoms with Crippen LogP contribution in [0.5, 0.6) is 0 Å². The van der Waals surface area contributed by atoms with E-state index in [9.17, 15) is 9.59 Å². The van der Waals surface area contributed by atoms with Gasteiger partial charge < -0.3 is 4.98 Å².